The first-order chi connectivity index (χ1) is 9.78. The smallest absolute Gasteiger partial charge is 0.320 e. The number of rotatable bonds is 6. The molecule has 0 bridgehead atoms. The molecule has 106 valence electrons. The van der Waals surface area contributed by atoms with Crippen LogP contribution in [0.15, 0.2) is 42.6 Å². The van der Waals surface area contributed by atoms with Crippen LogP contribution in [0.25, 0.3) is 0 Å². The molecule has 0 aliphatic carbocycles. The lowest BCUT2D eigenvalue weighted by Crippen LogP contribution is -2.28. The summed E-state index contributed by atoms with van der Waals surface area (Å²) in [7, 11) is 1.64. The highest BCUT2D eigenvalue weighted by Gasteiger charge is 2.04. The van der Waals surface area contributed by atoms with Crippen LogP contribution in [0.4, 0.5) is 10.6 Å². The van der Waals surface area contributed by atoms with E-state index in [4.69, 9.17) is 4.74 Å². The van der Waals surface area contributed by atoms with E-state index >= 15 is 0 Å². The fraction of sp³-hybridized carbons (Fsp3) is 0.286. The lowest BCUT2D eigenvalue weighted by molar-refractivity contribution is 0.183. The van der Waals surface area contributed by atoms with Crippen LogP contribution in [0.3, 0.4) is 0 Å². The van der Waals surface area contributed by atoms with Gasteiger partial charge in [-0.3, -0.25) is 10.00 Å². The Balaban J connectivity index is 1.78. The fourth-order valence-corrected chi connectivity index (χ4v) is 1.68. The van der Waals surface area contributed by atoms with Crippen LogP contribution < -0.4 is 10.6 Å². The number of ether oxygens (including phenoxy) is 1. The van der Waals surface area contributed by atoms with Crippen LogP contribution in [-0.2, 0) is 17.8 Å². The topological polar surface area (TPSA) is 68.2 Å². The third-order valence-electron chi connectivity index (χ3n) is 2.70. The molecular formula is C14H18N4O2. The van der Waals surface area contributed by atoms with E-state index in [-0.39, 0.29) is 6.03 Å². The summed E-state index contributed by atoms with van der Waals surface area (Å²) in [5.41, 5.74) is 1.05. The van der Waals surface area contributed by atoms with Crippen LogP contribution in [0, 0.1) is 0 Å². The minimum absolute atomic E-state index is 0.272. The van der Waals surface area contributed by atoms with Crippen molar-refractivity contribution < 1.29 is 9.53 Å². The molecule has 0 radical (unpaired) electrons. The molecule has 2 rings (SSSR count). The molecule has 1 aromatic heterocycles. The van der Waals surface area contributed by atoms with Crippen molar-refractivity contribution >= 4 is 11.8 Å². The van der Waals surface area contributed by atoms with Gasteiger partial charge in [-0.25, -0.2) is 4.79 Å². The summed E-state index contributed by atoms with van der Waals surface area (Å²) >= 11 is 0. The lowest BCUT2D eigenvalue weighted by Gasteiger charge is -2.05. The highest BCUT2D eigenvalue weighted by Crippen LogP contribution is 2.02. The Hall–Kier alpha value is -2.34. The van der Waals surface area contributed by atoms with Crippen LogP contribution >= 0.6 is 0 Å². The molecule has 2 amide bonds. The summed E-state index contributed by atoms with van der Waals surface area (Å²) in [6, 6.07) is 11.2. The number of nitrogens with one attached hydrogen (secondary N) is 2. The predicted octanol–water partition coefficient (Wildman–Crippen LogP) is 1.85. The standard InChI is InChI=1S/C14H18N4O2/c1-20-10-9-18-8-7-13(17-18)16-14(19)15-11-12-5-3-2-4-6-12/h2-8H,9-11H2,1H3,(H2,15,16,17,19). The van der Waals surface area contributed by atoms with Crippen molar-refractivity contribution in [3.8, 4) is 0 Å². The lowest BCUT2D eigenvalue weighted by atomic mass is 10.2. The van der Waals surface area contributed by atoms with Gasteiger partial charge in [0.05, 0.1) is 13.2 Å². The first-order valence-corrected chi connectivity index (χ1v) is 6.39. The van der Waals surface area contributed by atoms with Crippen molar-refractivity contribution in [2.75, 3.05) is 19.0 Å². The third kappa shape index (κ3) is 4.40. The Morgan fingerprint density at radius 2 is 2.10 bits per heavy atom. The van der Waals surface area contributed by atoms with Gasteiger partial charge in [0, 0.05) is 25.9 Å². The first kappa shape index (κ1) is 14.1. The monoisotopic (exact) mass is 274 g/mol. The molecule has 0 aliphatic rings. The Bertz CT molecular complexity index is 539. The fourth-order valence-electron chi connectivity index (χ4n) is 1.68. The Morgan fingerprint density at radius 3 is 2.85 bits per heavy atom. The van der Waals surface area contributed by atoms with Crippen molar-refractivity contribution in [2.24, 2.45) is 0 Å². The minimum Gasteiger partial charge on any atom is -0.383 e. The number of carbonyl (C=O) groups excluding carboxylic acids is 1. The number of nitrogens with zero attached hydrogens (tertiary/aromatic N) is 2. The van der Waals surface area contributed by atoms with Crippen molar-refractivity contribution in [1.82, 2.24) is 15.1 Å². The van der Waals surface area contributed by atoms with Gasteiger partial charge < -0.3 is 10.1 Å². The second kappa shape index (κ2) is 7.30. The third-order valence-corrected chi connectivity index (χ3v) is 2.70. The van der Waals surface area contributed by atoms with E-state index in [9.17, 15) is 4.79 Å². The molecule has 2 N–H and O–H groups in total. The first-order valence-electron chi connectivity index (χ1n) is 6.39. The predicted molar refractivity (Wildman–Crippen MR) is 76.4 cm³/mol. The number of benzene rings is 1. The Labute approximate surface area is 117 Å². The molecular weight excluding hydrogens is 256 g/mol. The summed E-state index contributed by atoms with van der Waals surface area (Å²) in [5, 5.41) is 9.67. The number of anilines is 1. The maximum Gasteiger partial charge on any atom is 0.320 e. The second-order valence-electron chi connectivity index (χ2n) is 4.25. The van der Waals surface area contributed by atoms with E-state index in [0.717, 1.165) is 5.56 Å². The molecule has 0 fully saturated rings. The van der Waals surface area contributed by atoms with E-state index < -0.39 is 0 Å². The largest absolute Gasteiger partial charge is 0.383 e. The van der Waals surface area contributed by atoms with Crippen molar-refractivity contribution in [3.05, 3.63) is 48.2 Å². The van der Waals surface area contributed by atoms with Gasteiger partial charge >= 0.3 is 6.03 Å². The Morgan fingerprint density at radius 1 is 1.30 bits per heavy atom. The van der Waals surface area contributed by atoms with E-state index in [0.29, 0.717) is 25.5 Å². The zero-order valence-electron chi connectivity index (χ0n) is 11.4. The minimum atomic E-state index is -0.272. The molecule has 1 heterocycles. The number of carbonyl (C=O) groups is 1. The number of amides is 2. The van der Waals surface area contributed by atoms with Crippen molar-refractivity contribution in [3.63, 3.8) is 0 Å². The van der Waals surface area contributed by atoms with E-state index in [1.807, 2.05) is 30.3 Å². The van der Waals surface area contributed by atoms with Gasteiger partial charge in [-0.1, -0.05) is 30.3 Å². The van der Waals surface area contributed by atoms with Crippen LogP contribution in [-0.4, -0.2) is 29.5 Å². The van der Waals surface area contributed by atoms with Gasteiger partial charge in [0.25, 0.3) is 0 Å². The molecule has 0 atom stereocenters. The molecule has 0 saturated heterocycles. The number of hydrogen-bond acceptors (Lipinski definition) is 3. The van der Waals surface area contributed by atoms with Gasteiger partial charge in [-0.2, -0.15) is 5.10 Å². The molecule has 2 aromatic rings. The summed E-state index contributed by atoms with van der Waals surface area (Å²) < 4.78 is 6.68. The highest BCUT2D eigenvalue weighted by atomic mass is 16.5. The molecule has 20 heavy (non-hydrogen) atoms. The van der Waals surface area contributed by atoms with E-state index in [1.54, 1.807) is 24.1 Å². The van der Waals surface area contributed by atoms with Gasteiger partial charge in [-0.15, -0.1) is 0 Å². The summed E-state index contributed by atoms with van der Waals surface area (Å²) in [6.45, 7) is 1.72. The quantitative estimate of drug-likeness (QED) is 0.844. The summed E-state index contributed by atoms with van der Waals surface area (Å²) in [6.07, 6.45) is 1.80. The maximum absolute atomic E-state index is 11.7. The normalized spacial score (nSPS) is 10.2. The maximum atomic E-state index is 11.7. The van der Waals surface area contributed by atoms with Crippen molar-refractivity contribution in [2.45, 2.75) is 13.1 Å². The molecule has 6 nitrogen and oxygen atoms in total. The molecule has 1 aromatic carbocycles. The summed E-state index contributed by atoms with van der Waals surface area (Å²) in [4.78, 5) is 11.7. The average molecular weight is 274 g/mol. The van der Waals surface area contributed by atoms with Gasteiger partial charge in [-0.05, 0) is 5.56 Å². The van der Waals surface area contributed by atoms with Crippen molar-refractivity contribution in [1.29, 1.82) is 0 Å². The zero-order valence-corrected chi connectivity index (χ0v) is 11.4. The zero-order chi connectivity index (χ0) is 14.2. The molecule has 0 unspecified atom stereocenters. The molecule has 0 saturated carbocycles. The number of hydrogen-bond donors (Lipinski definition) is 2. The number of aromatic nitrogens is 2. The van der Waals surface area contributed by atoms with E-state index in [1.165, 1.54) is 0 Å². The van der Waals surface area contributed by atoms with Crippen LogP contribution in [0.2, 0.25) is 0 Å². The molecule has 6 heteroatoms. The van der Waals surface area contributed by atoms with Crippen LogP contribution in [0.1, 0.15) is 5.56 Å². The van der Waals surface area contributed by atoms with E-state index in [2.05, 4.69) is 15.7 Å². The molecule has 0 aliphatic heterocycles. The number of urea groups is 1. The van der Waals surface area contributed by atoms with Crippen LogP contribution in [0.5, 0.6) is 0 Å². The second-order valence-corrected chi connectivity index (χ2v) is 4.25. The number of methoxy groups -OCH3 is 1. The van der Waals surface area contributed by atoms with Gasteiger partial charge in [0.2, 0.25) is 0 Å². The SMILES string of the molecule is COCCn1ccc(NC(=O)NCc2ccccc2)n1. The average Bonchev–Trinajstić information content (AvgIpc) is 2.91. The molecule has 0 spiro atoms. The summed E-state index contributed by atoms with van der Waals surface area (Å²) in [5.74, 6) is 0.520. The van der Waals surface area contributed by atoms with Gasteiger partial charge in [0.15, 0.2) is 5.82 Å². The van der Waals surface area contributed by atoms with Gasteiger partial charge in [0.1, 0.15) is 0 Å². The Kier molecular flexibility index (Phi) is 5.14. The highest BCUT2D eigenvalue weighted by molar-refractivity contribution is 5.88.